The van der Waals surface area contributed by atoms with E-state index in [1.54, 1.807) is 37.4 Å². The number of likely N-dealkylation sites (N-methyl/N-ethyl adjacent to an activating group) is 1. The van der Waals surface area contributed by atoms with Crippen molar-refractivity contribution in [3.05, 3.63) is 52.5 Å². The van der Waals surface area contributed by atoms with Gasteiger partial charge in [0, 0.05) is 12.1 Å². The number of hydrogen-bond acceptors (Lipinski definition) is 4. The van der Waals surface area contributed by atoms with Gasteiger partial charge in [-0.05, 0) is 37.3 Å². The van der Waals surface area contributed by atoms with Crippen molar-refractivity contribution >= 4 is 29.1 Å². The van der Waals surface area contributed by atoms with Gasteiger partial charge in [-0.3, -0.25) is 9.59 Å². The Morgan fingerprint density at radius 1 is 1.08 bits per heavy atom. The summed E-state index contributed by atoms with van der Waals surface area (Å²) >= 11 is 5.96. The summed E-state index contributed by atoms with van der Waals surface area (Å²) in [5.74, 6) is 0.272. The zero-order chi connectivity index (χ0) is 19.3. The highest BCUT2D eigenvalue weighted by Gasteiger charge is 2.19. The number of nitrogens with zero attached hydrogens (tertiary/aromatic N) is 1. The van der Waals surface area contributed by atoms with Gasteiger partial charge in [0.05, 0.1) is 32.0 Å². The van der Waals surface area contributed by atoms with E-state index in [-0.39, 0.29) is 18.4 Å². The van der Waals surface area contributed by atoms with E-state index >= 15 is 0 Å². The van der Waals surface area contributed by atoms with E-state index in [4.69, 9.17) is 21.1 Å². The first-order valence-corrected chi connectivity index (χ1v) is 8.27. The van der Waals surface area contributed by atoms with Crippen LogP contribution in [-0.2, 0) is 4.79 Å². The van der Waals surface area contributed by atoms with Crippen LogP contribution in [-0.4, -0.2) is 44.5 Å². The van der Waals surface area contributed by atoms with Crippen molar-refractivity contribution in [1.29, 1.82) is 0 Å². The molecule has 2 aromatic rings. The molecule has 6 nitrogen and oxygen atoms in total. The first-order valence-electron chi connectivity index (χ1n) is 7.89. The van der Waals surface area contributed by atoms with Gasteiger partial charge in [0.25, 0.3) is 5.91 Å². The molecule has 0 spiro atoms. The number of benzene rings is 2. The monoisotopic (exact) mass is 376 g/mol. The van der Waals surface area contributed by atoms with Crippen molar-refractivity contribution < 1.29 is 19.1 Å². The number of rotatable bonds is 6. The lowest BCUT2D eigenvalue weighted by Crippen LogP contribution is -2.35. The van der Waals surface area contributed by atoms with E-state index in [0.29, 0.717) is 27.8 Å². The van der Waals surface area contributed by atoms with Crippen molar-refractivity contribution in [3.63, 3.8) is 0 Å². The molecule has 0 bridgehead atoms. The molecule has 0 saturated heterocycles. The molecule has 0 aliphatic rings. The molecular formula is C19H21ClN2O4. The van der Waals surface area contributed by atoms with Gasteiger partial charge >= 0.3 is 0 Å². The van der Waals surface area contributed by atoms with Crippen LogP contribution in [0.5, 0.6) is 11.5 Å². The standard InChI is InChI=1S/C19H21ClN2O4/c1-12-5-7-16(25-3)14(9-12)19(24)22(2)11-18(23)21-15-10-13(20)6-8-17(15)26-4/h5-10H,11H2,1-4H3,(H,21,23). The molecule has 0 heterocycles. The van der Waals surface area contributed by atoms with Gasteiger partial charge in [0.15, 0.2) is 0 Å². The third-order valence-electron chi connectivity index (χ3n) is 3.75. The molecule has 0 aromatic heterocycles. The minimum Gasteiger partial charge on any atom is -0.496 e. The van der Waals surface area contributed by atoms with E-state index in [2.05, 4.69) is 5.32 Å². The normalized spacial score (nSPS) is 10.2. The Morgan fingerprint density at radius 2 is 1.73 bits per heavy atom. The summed E-state index contributed by atoms with van der Waals surface area (Å²) in [5.41, 5.74) is 1.78. The molecule has 138 valence electrons. The Labute approximate surface area is 157 Å². The Balaban J connectivity index is 2.11. The average molecular weight is 377 g/mol. The smallest absolute Gasteiger partial charge is 0.257 e. The van der Waals surface area contributed by atoms with Crippen LogP contribution in [0.2, 0.25) is 5.02 Å². The summed E-state index contributed by atoms with van der Waals surface area (Å²) in [6.07, 6.45) is 0. The maximum atomic E-state index is 12.7. The second-order valence-electron chi connectivity index (χ2n) is 5.76. The van der Waals surface area contributed by atoms with Gasteiger partial charge in [-0.1, -0.05) is 23.2 Å². The SMILES string of the molecule is COc1ccc(Cl)cc1NC(=O)CN(C)C(=O)c1cc(C)ccc1OC. The Kier molecular flexibility index (Phi) is 6.46. The van der Waals surface area contributed by atoms with Crippen LogP contribution < -0.4 is 14.8 Å². The minimum atomic E-state index is -0.368. The molecule has 0 fully saturated rings. The number of aryl methyl sites for hydroxylation is 1. The van der Waals surface area contributed by atoms with Crippen LogP contribution in [0, 0.1) is 6.92 Å². The van der Waals surface area contributed by atoms with E-state index in [1.165, 1.54) is 19.1 Å². The van der Waals surface area contributed by atoms with Gasteiger partial charge in [0.2, 0.25) is 5.91 Å². The maximum absolute atomic E-state index is 12.7. The fourth-order valence-electron chi connectivity index (χ4n) is 2.45. The molecule has 26 heavy (non-hydrogen) atoms. The summed E-state index contributed by atoms with van der Waals surface area (Å²) in [4.78, 5) is 26.3. The number of amides is 2. The fourth-order valence-corrected chi connectivity index (χ4v) is 2.62. The number of carbonyl (C=O) groups is 2. The van der Waals surface area contributed by atoms with E-state index < -0.39 is 0 Å². The van der Waals surface area contributed by atoms with Gasteiger partial charge in [-0.25, -0.2) is 0 Å². The molecule has 1 N–H and O–H groups in total. The van der Waals surface area contributed by atoms with Crippen LogP contribution in [0.4, 0.5) is 5.69 Å². The van der Waals surface area contributed by atoms with Crippen molar-refractivity contribution in [3.8, 4) is 11.5 Å². The molecule has 7 heteroatoms. The quantitative estimate of drug-likeness (QED) is 0.839. The Morgan fingerprint density at radius 3 is 2.38 bits per heavy atom. The maximum Gasteiger partial charge on any atom is 0.257 e. The summed E-state index contributed by atoms with van der Waals surface area (Å²) in [6.45, 7) is 1.75. The van der Waals surface area contributed by atoms with E-state index in [1.807, 2.05) is 13.0 Å². The molecule has 2 rings (SSSR count). The van der Waals surface area contributed by atoms with Gasteiger partial charge < -0.3 is 19.7 Å². The van der Waals surface area contributed by atoms with Gasteiger partial charge in [-0.2, -0.15) is 0 Å². The van der Waals surface area contributed by atoms with Crippen molar-refractivity contribution in [2.75, 3.05) is 33.1 Å². The molecule has 0 radical (unpaired) electrons. The molecule has 0 atom stereocenters. The number of carbonyl (C=O) groups excluding carboxylic acids is 2. The zero-order valence-corrected chi connectivity index (χ0v) is 15.9. The summed E-state index contributed by atoms with van der Waals surface area (Å²) in [5, 5.41) is 3.17. The number of ether oxygens (including phenoxy) is 2. The number of hydrogen-bond donors (Lipinski definition) is 1. The van der Waals surface area contributed by atoms with Crippen LogP contribution in [0.3, 0.4) is 0 Å². The highest BCUT2D eigenvalue weighted by molar-refractivity contribution is 6.31. The van der Waals surface area contributed by atoms with Crippen LogP contribution in [0.1, 0.15) is 15.9 Å². The lowest BCUT2D eigenvalue weighted by Gasteiger charge is -2.19. The van der Waals surface area contributed by atoms with E-state index in [9.17, 15) is 9.59 Å². The van der Waals surface area contributed by atoms with Crippen molar-refractivity contribution in [2.24, 2.45) is 0 Å². The average Bonchev–Trinajstić information content (AvgIpc) is 2.61. The highest BCUT2D eigenvalue weighted by Crippen LogP contribution is 2.27. The van der Waals surface area contributed by atoms with Gasteiger partial charge in [-0.15, -0.1) is 0 Å². The Bertz CT molecular complexity index is 823. The number of nitrogens with one attached hydrogen (secondary N) is 1. The third-order valence-corrected chi connectivity index (χ3v) is 3.98. The largest absolute Gasteiger partial charge is 0.496 e. The van der Waals surface area contributed by atoms with Crippen LogP contribution in [0.15, 0.2) is 36.4 Å². The predicted molar refractivity (Wildman–Crippen MR) is 101 cm³/mol. The van der Waals surface area contributed by atoms with Crippen molar-refractivity contribution in [1.82, 2.24) is 4.90 Å². The van der Waals surface area contributed by atoms with Crippen LogP contribution >= 0.6 is 11.6 Å². The third kappa shape index (κ3) is 4.67. The number of halogens is 1. The summed E-state index contributed by atoms with van der Waals surface area (Å²) in [6, 6.07) is 10.2. The zero-order valence-electron chi connectivity index (χ0n) is 15.1. The molecule has 2 aromatic carbocycles. The van der Waals surface area contributed by atoms with Gasteiger partial charge in [0.1, 0.15) is 11.5 Å². The predicted octanol–water partition coefficient (Wildman–Crippen LogP) is 3.38. The van der Waals surface area contributed by atoms with Crippen LogP contribution in [0.25, 0.3) is 0 Å². The Hall–Kier alpha value is -2.73. The number of methoxy groups -OCH3 is 2. The molecular weight excluding hydrogens is 356 g/mol. The summed E-state index contributed by atoms with van der Waals surface area (Å²) < 4.78 is 10.4. The number of anilines is 1. The lowest BCUT2D eigenvalue weighted by molar-refractivity contribution is -0.116. The first-order chi connectivity index (χ1) is 12.3. The molecule has 0 saturated carbocycles. The summed E-state index contributed by atoms with van der Waals surface area (Å²) in [7, 11) is 4.55. The lowest BCUT2D eigenvalue weighted by atomic mass is 10.1. The van der Waals surface area contributed by atoms with Crippen molar-refractivity contribution in [2.45, 2.75) is 6.92 Å². The fraction of sp³-hybridized carbons (Fsp3) is 0.263. The topological polar surface area (TPSA) is 67.9 Å². The second-order valence-corrected chi connectivity index (χ2v) is 6.19. The molecule has 0 unspecified atom stereocenters. The molecule has 2 amide bonds. The first kappa shape index (κ1) is 19.6. The minimum absolute atomic E-state index is 0.133. The van der Waals surface area contributed by atoms with E-state index in [0.717, 1.165) is 5.56 Å². The molecule has 0 aliphatic heterocycles. The molecule has 0 aliphatic carbocycles. The second kappa shape index (κ2) is 8.58. The highest BCUT2D eigenvalue weighted by atomic mass is 35.5.